The predicted molar refractivity (Wildman–Crippen MR) is 201 cm³/mol. The number of hydrogen-bond donors (Lipinski definition) is 12. The summed E-state index contributed by atoms with van der Waals surface area (Å²) in [6.45, 7) is 8.72. The van der Waals surface area contributed by atoms with Gasteiger partial charge in [-0.15, -0.1) is 6.58 Å². The minimum atomic E-state index is -1.34. The van der Waals surface area contributed by atoms with Gasteiger partial charge in [-0.3, -0.25) is 24.0 Å². The van der Waals surface area contributed by atoms with Gasteiger partial charge >= 0.3 is 18.0 Å². The molecule has 0 aromatic heterocycles. The van der Waals surface area contributed by atoms with Crippen LogP contribution in [0.2, 0.25) is 0 Å². The van der Waals surface area contributed by atoms with Gasteiger partial charge < -0.3 is 64.6 Å². The zero-order chi connectivity index (χ0) is 41.7. The van der Waals surface area contributed by atoms with E-state index in [1.165, 1.54) is 37.3 Å². The molecule has 15 N–H and O–H groups in total. The molecule has 0 fully saturated rings. The van der Waals surface area contributed by atoms with Crippen LogP contribution in [0.5, 0.6) is 5.75 Å². The van der Waals surface area contributed by atoms with E-state index >= 15 is 0 Å². The van der Waals surface area contributed by atoms with E-state index in [4.69, 9.17) is 17.2 Å². The molecule has 0 unspecified atom stereocenters. The van der Waals surface area contributed by atoms with Crippen LogP contribution in [0.15, 0.2) is 36.9 Å². The maximum Gasteiger partial charge on any atom is 0.326 e. The molecule has 0 saturated carbocycles. The molecule has 0 heterocycles. The summed E-state index contributed by atoms with van der Waals surface area (Å²) in [6.07, 6.45) is 1.46. The topological polar surface area (TPSA) is 339 Å². The molecule has 0 radical (unpaired) electrons. The highest BCUT2D eigenvalue weighted by molar-refractivity contribution is 5.96. The molecule has 20 heteroatoms. The quantitative estimate of drug-likeness (QED) is 0.0393. The van der Waals surface area contributed by atoms with Gasteiger partial charge in [0.1, 0.15) is 36.0 Å². The monoisotopic (exact) mass is 776 g/mol. The molecule has 0 aliphatic carbocycles. The molecule has 1 rings (SSSR count). The van der Waals surface area contributed by atoms with Gasteiger partial charge in [-0.2, -0.15) is 0 Å². The SMILES string of the molecule is C=CC[C@H](NC(=O)[C@H](CCCNC(N)=O)NC(=O)[C@H](CCCNC(N)=O)NC(=O)[C@H](C)N)C(=O)N[C@@H](Cc1ccc(O)cc1)C(=O)N[C@@H](CC(C)C)C(=O)O. The van der Waals surface area contributed by atoms with E-state index in [1.54, 1.807) is 13.8 Å². The van der Waals surface area contributed by atoms with Crippen LogP contribution in [0.25, 0.3) is 0 Å². The van der Waals surface area contributed by atoms with Gasteiger partial charge in [0.25, 0.3) is 0 Å². The number of hydrogen-bond acceptors (Lipinski definition) is 10. The molecule has 0 aliphatic heterocycles. The van der Waals surface area contributed by atoms with Gasteiger partial charge in [-0.05, 0) is 69.1 Å². The van der Waals surface area contributed by atoms with E-state index in [1.807, 2.05) is 0 Å². The second-order valence-corrected chi connectivity index (χ2v) is 13.3. The van der Waals surface area contributed by atoms with Gasteiger partial charge in [0.15, 0.2) is 0 Å². The Morgan fingerprint density at radius 2 is 1.09 bits per heavy atom. The number of aliphatic carboxylic acids is 1. The fraction of sp³-hybridized carbons (Fsp3) is 0.543. The number of aromatic hydroxyl groups is 1. The minimum Gasteiger partial charge on any atom is -0.508 e. The third kappa shape index (κ3) is 19.1. The summed E-state index contributed by atoms with van der Waals surface area (Å²) >= 11 is 0. The number of rotatable bonds is 25. The summed E-state index contributed by atoms with van der Waals surface area (Å²) in [6, 6.07) is -3.26. The molecule has 0 bridgehead atoms. The van der Waals surface area contributed by atoms with Crippen LogP contribution < -0.4 is 54.4 Å². The van der Waals surface area contributed by atoms with E-state index < -0.39 is 83.8 Å². The normalized spacial score (nSPS) is 14.1. The molecule has 9 amide bonds. The minimum absolute atomic E-state index is 0.00796. The average Bonchev–Trinajstić information content (AvgIpc) is 3.10. The number of phenols is 1. The van der Waals surface area contributed by atoms with Gasteiger partial charge in [-0.25, -0.2) is 14.4 Å². The Kier molecular flexibility index (Phi) is 20.9. The maximum absolute atomic E-state index is 13.8. The second kappa shape index (κ2) is 24.4. The molecule has 0 spiro atoms. The maximum atomic E-state index is 13.8. The first kappa shape index (κ1) is 47.1. The van der Waals surface area contributed by atoms with Crippen molar-refractivity contribution in [2.75, 3.05) is 13.1 Å². The molecule has 0 aliphatic rings. The number of urea groups is 2. The van der Waals surface area contributed by atoms with Gasteiger partial charge in [0, 0.05) is 19.5 Å². The van der Waals surface area contributed by atoms with Crippen molar-refractivity contribution in [2.24, 2.45) is 23.1 Å². The summed E-state index contributed by atoms with van der Waals surface area (Å²) < 4.78 is 0. The number of nitrogens with one attached hydrogen (secondary N) is 7. The van der Waals surface area contributed by atoms with Crippen molar-refractivity contribution in [1.29, 1.82) is 0 Å². The Morgan fingerprint density at radius 3 is 1.53 bits per heavy atom. The highest BCUT2D eigenvalue weighted by Gasteiger charge is 2.32. The van der Waals surface area contributed by atoms with Crippen molar-refractivity contribution in [2.45, 2.75) is 102 Å². The van der Waals surface area contributed by atoms with Crippen molar-refractivity contribution in [3.05, 3.63) is 42.5 Å². The Morgan fingerprint density at radius 1 is 0.673 bits per heavy atom. The number of carbonyl (C=O) groups excluding carboxylic acids is 7. The van der Waals surface area contributed by atoms with Crippen LogP contribution >= 0.6 is 0 Å². The highest BCUT2D eigenvalue weighted by atomic mass is 16.4. The second-order valence-electron chi connectivity index (χ2n) is 13.3. The Labute approximate surface area is 319 Å². The van der Waals surface area contributed by atoms with Crippen LogP contribution in [-0.4, -0.2) is 107 Å². The smallest absolute Gasteiger partial charge is 0.326 e. The fourth-order valence-electron chi connectivity index (χ4n) is 5.13. The summed E-state index contributed by atoms with van der Waals surface area (Å²) in [5, 5.41) is 36.9. The lowest BCUT2D eigenvalue weighted by Gasteiger charge is -2.27. The molecule has 306 valence electrons. The van der Waals surface area contributed by atoms with Crippen molar-refractivity contribution in [1.82, 2.24) is 37.2 Å². The fourth-order valence-corrected chi connectivity index (χ4v) is 5.13. The summed E-state index contributed by atoms with van der Waals surface area (Å²) in [5.74, 6) is -5.35. The molecule has 6 atom stereocenters. The number of primary amides is 2. The van der Waals surface area contributed by atoms with Crippen LogP contribution in [0, 0.1) is 5.92 Å². The number of carbonyl (C=O) groups is 8. The highest BCUT2D eigenvalue weighted by Crippen LogP contribution is 2.13. The first-order chi connectivity index (χ1) is 25.8. The Balaban J connectivity index is 3.35. The Bertz CT molecular complexity index is 1490. The van der Waals surface area contributed by atoms with E-state index in [0.29, 0.717) is 5.56 Å². The molecule has 20 nitrogen and oxygen atoms in total. The summed E-state index contributed by atoms with van der Waals surface area (Å²) in [7, 11) is 0. The van der Waals surface area contributed by atoms with Crippen molar-refractivity contribution in [3.63, 3.8) is 0 Å². The molecule has 55 heavy (non-hydrogen) atoms. The van der Waals surface area contributed by atoms with Crippen molar-refractivity contribution >= 4 is 47.6 Å². The molecular weight excluding hydrogens is 720 g/mol. The van der Waals surface area contributed by atoms with E-state index in [-0.39, 0.29) is 69.7 Å². The van der Waals surface area contributed by atoms with Gasteiger partial charge in [0.2, 0.25) is 29.5 Å². The van der Waals surface area contributed by atoms with E-state index in [0.717, 1.165) is 0 Å². The predicted octanol–water partition coefficient (Wildman–Crippen LogP) is -1.69. The molecular formula is C35H56N10O10. The molecule has 0 saturated heterocycles. The van der Waals surface area contributed by atoms with Crippen LogP contribution in [0.4, 0.5) is 9.59 Å². The lowest BCUT2D eigenvalue weighted by Crippen LogP contribution is -2.59. The standard InChI is InChI=1S/C35H56N10O10/c1-5-8-23(29(48)44-26(18-21-11-13-22(46)14-12-21)32(51)45-27(33(52)53)17-19(2)3)42-31(50)25(10-7-16-40-35(38)55)43-30(49)24(41-28(47)20(4)36)9-6-15-39-34(37)54/h5,11-14,19-20,23-27,46H,1,6-10,15-18,36H2,2-4H3,(H,41,47)(H,42,50)(H,43,49)(H,44,48)(H,45,51)(H,52,53)(H3,37,39,54)(H3,38,40,55)/t20-,23-,24-,25-,26-,27-/m0/s1. The zero-order valence-corrected chi connectivity index (χ0v) is 31.4. The molecule has 1 aromatic rings. The lowest BCUT2D eigenvalue weighted by molar-refractivity contribution is -0.142. The number of nitrogens with two attached hydrogens (primary N) is 3. The van der Waals surface area contributed by atoms with Crippen LogP contribution in [0.3, 0.4) is 0 Å². The van der Waals surface area contributed by atoms with Crippen LogP contribution in [-0.2, 0) is 35.2 Å². The Hall–Kier alpha value is -5.92. The van der Waals surface area contributed by atoms with E-state index in [2.05, 4.69) is 43.8 Å². The van der Waals surface area contributed by atoms with Crippen molar-refractivity contribution < 1.29 is 48.6 Å². The third-order valence-corrected chi connectivity index (χ3v) is 7.98. The van der Waals surface area contributed by atoms with Crippen LogP contribution in [0.1, 0.15) is 64.9 Å². The van der Waals surface area contributed by atoms with Gasteiger partial charge in [0.05, 0.1) is 6.04 Å². The first-order valence-electron chi connectivity index (χ1n) is 17.8. The average molecular weight is 777 g/mol. The number of carboxylic acids is 1. The number of benzene rings is 1. The van der Waals surface area contributed by atoms with Gasteiger partial charge in [-0.1, -0.05) is 32.1 Å². The summed E-state index contributed by atoms with van der Waals surface area (Å²) in [5.41, 5.74) is 16.4. The molecule has 1 aromatic carbocycles. The van der Waals surface area contributed by atoms with E-state index in [9.17, 15) is 48.6 Å². The largest absolute Gasteiger partial charge is 0.508 e. The van der Waals surface area contributed by atoms with Crippen molar-refractivity contribution in [3.8, 4) is 5.75 Å². The lowest BCUT2D eigenvalue weighted by atomic mass is 10.0. The summed E-state index contributed by atoms with van der Waals surface area (Å²) in [4.78, 5) is 101. The number of carboxylic acid groups (broad SMARTS) is 1. The first-order valence-corrected chi connectivity index (χ1v) is 17.8. The zero-order valence-electron chi connectivity index (χ0n) is 31.4. The third-order valence-electron chi connectivity index (χ3n) is 7.98. The number of amides is 9. The number of phenolic OH excluding ortho intramolecular Hbond substituents is 1.